The predicted octanol–water partition coefficient (Wildman–Crippen LogP) is 3.61. The quantitative estimate of drug-likeness (QED) is 0.833. The Morgan fingerprint density at radius 2 is 1.95 bits per heavy atom. The van der Waals surface area contributed by atoms with Gasteiger partial charge in [0.2, 0.25) is 0 Å². The zero-order chi connectivity index (χ0) is 13.4. The zero-order valence-electron chi connectivity index (χ0n) is 11.6. The Labute approximate surface area is 113 Å². The highest BCUT2D eigenvalue weighted by molar-refractivity contribution is 6.11. The fourth-order valence-electron chi connectivity index (χ4n) is 2.95. The van der Waals surface area contributed by atoms with Gasteiger partial charge in [-0.2, -0.15) is 0 Å². The molecule has 1 aliphatic rings. The first-order chi connectivity index (χ1) is 9.16. The number of hydrogen-bond acceptors (Lipinski definition) is 2. The van der Waals surface area contributed by atoms with E-state index in [1.54, 1.807) is 6.92 Å². The second-order valence-electron chi connectivity index (χ2n) is 5.62. The number of carbonyl (C=O) groups excluding carboxylic acids is 1. The first-order valence-corrected chi connectivity index (χ1v) is 7.03. The van der Waals surface area contributed by atoms with E-state index >= 15 is 0 Å². The number of H-pyrrole nitrogens is 1. The van der Waals surface area contributed by atoms with E-state index in [1.165, 1.54) is 12.8 Å². The van der Waals surface area contributed by atoms with E-state index in [1.807, 2.05) is 24.3 Å². The molecule has 2 heterocycles. The van der Waals surface area contributed by atoms with Crippen LogP contribution >= 0.6 is 0 Å². The lowest BCUT2D eigenvalue weighted by Crippen LogP contribution is -2.33. The molecule has 2 aromatic rings. The number of ketones is 1. The van der Waals surface area contributed by atoms with E-state index in [0.717, 1.165) is 41.3 Å². The fourth-order valence-corrected chi connectivity index (χ4v) is 2.95. The highest BCUT2D eigenvalue weighted by atomic mass is 16.1. The normalized spacial score (nSPS) is 17.1. The largest absolute Gasteiger partial charge is 0.358 e. The molecule has 3 nitrogen and oxygen atoms in total. The molecule has 1 aromatic heterocycles. The maximum absolute atomic E-state index is 12.0. The summed E-state index contributed by atoms with van der Waals surface area (Å²) in [5, 5.41) is 1.05. The number of rotatable bonds is 2. The third-order valence-corrected chi connectivity index (χ3v) is 4.14. The third-order valence-electron chi connectivity index (χ3n) is 4.14. The van der Waals surface area contributed by atoms with Crippen molar-refractivity contribution in [3.05, 3.63) is 29.8 Å². The van der Waals surface area contributed by atoms with Gasteiger partial charge in [-0.3, -0.25) is 4.79 Å². The van der Waals surface area contributed by atoms with E-state index < -0.39 is 0 Å². The van der Waals surface area contributed by atoms with E-state index in [9.17, 15) is 4.79 Å². The van der Waals surface area contributed by atoms with E-state index in [0.29, 0.717) is 0 Å². The van der Waals surface area contributed by atoms with Crippen LogP contribution in [0.15, 0.2) is 24.3 Å². The molecule has 0 unspecified atom stereocenters. The van der Waals surface area contributed by atoms with Crippen LogP contribution < -0.4 is 4.90 Å². The fraction of sp³-hybridized carbons (Fsp3) is 0.438. The minimum absolute atomic E-state index is 0.145. The molecule has 3 heteroatoms. The molecule has 19 heavy (non-hydrogen) atoms. The number of para-hydroxylation sites is 1. The number of benzene rings is 1. The Morgan fingerprint density at radius 1 is 1.26 bits per heavy atom. The van der Waals surface area contributed by atoms with E-state index in [-0.39, 0.29) is 5.78 Å². The Hall–Kier alpha value is -1.77. The van der Waals surface area contributed by atoms with Gasteiger partial charge in [-0.05, 0) is 31.7 Å². The highest BCUT2D eigenvalue weighted by Gasteiger charge is 2.23. The van der Waals surface area contributed by atoms with Crippen LogP contribution in [0, 0.1) is 5.92 Å². The minimum Gasteiger partial charge on any atom is -0.358 e. The second-order valence-corrected chi connectivity index (χ2v) is 5.62. The van der Waals surface area contributed by atoms with Crippen LogP contribution in [-0.4, -0.2) is 23.9 Å². The van der Waals surface area contributed by atoms with Gasteiger partial charge in [0, 0.05) is 24.0 Å². The van der Waals surface area contributed by atoms with Crippen LogP contribution in [0.25, 0.3) is 10.9 Å². The summed E-state index contributed by atoms with van der Waals surface area (Å²) in [6, 6.07) is 8.06. The topological polar surface area (TPSA) is 36.1 Å². The van der Waals surface area contributed by atoms with Gasteiger partial charge in [-0.1, -0.05) is 25.1 Å². The lowest BCUT2D eigenvalue weighted by Gasteiger charge is -2.31. The minimum atomic E-state index is 0.145. The number of anilines is 1. The number of aromatic amines is 1. The SMILES string of the molecule is CC(=O)c1c(N2CCC(C)CC2)[nH]c2ccccc12. The Kier molecular flexibility index (Phi) is 3.05. The molecule has 1 N–H and O–H groups in total. The molecular weight excluding hydrogens is 236 g/mol. The first-order valence-electron chi connectivity index (χ1n) is 7.03. The van der Waals surface area contributed by atoms with Gasteiger partial charge in [0.05, 0.1) is 5.56 Å². The van der Waals surface area contributed by atoms with Crippen molar-refractivity contribution in [1.82, 2.24) is 4.98 Å². The van der Waals surface area contributed by atoms with Gasteiger partial charge in [-0.25, -0.2) is 0 Å². The Balaban J connectivity index is 2.07. The maximum atomic E-state index is 12.0. The van der Waals surface area contributed by atoms with Crippen molar-refractivity contribution >= 4 is 22.5 Å². The summed E-state index contributed by atoms with van der Waals surface area (Å²) in [4.78, 5) is 17.8. The van der Waals surface area contributed by atoms with E-state index in [4.69, 9.17) is 0 Å². The number of Topliss-reactive ketones (excluding diaryl/α,β-unsaturated/α-hetero) is 1. The molecule has 100 valence electrons. The van der Waals surface area contributed by atoms with Gasteiger partial charge in [0.25, 0.3) is 0 Å². The van der Waals surface area contributed by atoms with Crippen molar-refractivity contribution in [1.29, 1.82) is 0 Å². The number of carbonyl (C=O) groups is 1. The van der Waals surface area contributed by atoms with Gasteiger partial charge in [0.1, 0.15) is 5.82 Å². The van der Waals surface area contributed by atoms with Crippen molar-refractivity contribution in [2.45, 2.75) is 26.7 Å². The van der Waals surface area contributed by atoms with Crippen molar-refractivity contribution in [3.8, 4) is 0 Å². The second kappa shape index (κ2) is 4.72. The maximum Gasteiger partial charge on any atom is 0.164 e. The number of piperidine rings is 1. The number of nitrogens with one attached hydrogen (secondary N) is 1. The number of hydrogen-bond donors (Lipinski definition) is 1. The summed E-state index contributed by atoms with van der Waals surface area (Å²) >= 11 is 0. The molecule has 0 atom stereocenters. The van der Waals surface area contributed by atoms with Crippen LogP contribution in [0.5, 0.6) is 0 Å². The Bertz CT molecular complexity index is 606. The molecule has 0 radical (unpaired) electrons. The molecule has 0 amide bonds. The molecular formula is C16H20N2O. The Morgan fingerprint density at radius 3 is 2.63 bits per heavy atom. The lowest BCUT2D eigenvalue weighted by molar-refractivity contribution is 0.101. The van der Waals surface area contributed by atoms with Crippen molar-refractivity contribution in [2.75, 3.05) is 18.0 Å². The predicted molar refractivity (Wildman–Crippen MR) is 78.9 cm³/mol. The van der Waals surface area contributed by atoms with Crippen molar-refractivity contribution in [2.24, 2.45) is 5.92 Å². The summed E-state index contributed by atoms with van der Waals surface area (Å²) < 4.78 is 0. The van der Waals surface area contributed by atoms with Crippen LogP contribution in [0.2, 0.25) is 0 Å². The van der Waals surface area contributed by atoms with Crippen LogP contribution in [0.4, 0.5) is 5.82 Å². The van der Waals surface area contributed by atoms with Crippen LogP contribution in [0.3, 0.4) is 0 Å². The summed E-state index contributed by atoms with van der Waals surface area (Å²) in [5.74, 6) is 1.95. The number of fused-ring (bicyclic) bond motifs is 1. The summed E-state index contributed by atoms with van der Waals surface area (Å²) in [5.41, 5.74) is 1.91. The molecule has 1 aromatic carbocycles. The molecule has 1 aliphatic heterocycles. The highest BCUT2D eigenvalue weighted by Crippen LogP contribution is 2.31. The average molecular weight is 256 g/mol. The molecule has 0 aliphatic carbocycles. The molecule has 3 rings (SSSR count). The van der Waals surface area contributed by atoms with E-state index in [2.05, 4.69) is 16.8 Å². The lowest BCUT2D eigenvalue weighted by atomic mass is 9.98. The van der Waals surface area contributed by atoms with Crippen molar-refractivity contribution in [3.63, 3.8) is 0 Å². The monoisotopic (exact) mass is 256 g/mol. The molecule has 0 spiro atoms. The summed E-state index contributed by atoms with van der Waals surface area (Å²) in [7, 11) is 0. The van der Waals surface area contributed by atoms with Gasteiger partial charge < -0.3 is 9.88 Å². The van der Waals surface area contributed by atoms with Crippen LogP contribution in [-0.2, 0) is 0 Å². The number of nitrogens with zero attached hydrogens (tertiary/aromatic N) is 1. The van der Waals surface area contributed by atoms with Gasteiger partial charge in [-0.15, -0.1) is 0 Å². The van der Waals surface area contributed by atoms with Crippen molar-refractivity contribution < 1.29 is 4.79 Å². The van der Waals surface area contributed by atoms with Gasteiger partial charge in [0.15, 0.2) is 5.78 Å². The molecule has 1 fully saturated rings. The van der Waals surface area contributed by atoms with Crippen LogP contribution in [0.1, 0.15) is 37.0 Å². The smallest absolute Gasteiger partial charge is 0.164 e. The molecule has 0 saturated carbocycles. The standard InChI is InChI=1S/C16H20N2O/c1-11-7-9-18(10-8-11)16-15(12(2)19)13-5-3-4-6-14(13)17-16/h3-6,11,17H,7-10H2,1-2H3. The average Bonchev–Trinajstić information content (AvgIpc) is 2.78. The first kappa shape index (κ1) is 12.3. The molecule has 1 saturated heterocycles. The summed E-state index contributed by atoms with van der Waals surface area (Å²) in [6.07, 6.45) is 2.40. The molecule has 0 bridgehead atoms. The van der Waals surface area contributed by atoms with Gasteiger partial charge >= 0.3 is 0 Å². The third kappa shape index (κ3) is 2.14. The summed E-state index contributed by atoms with van der Waals surface area (Å²) in [6.45, 7) is 6.03. The number of aromatic nitrogens is 1. The zero-order valence-corrected chi connectivity index (χ0v) is 11.6.